The van der Waals surface area contributed by atoms with Gasteiger partial charge in [-0.3, -0.25) is 0 Å². The van der Waals surface area contributed by atoms with E-state index in [0.717, 1.165) is 0 Å². The van der Waals surface area contributed by atoms with Crippen molar-refractivity contribution in [1.29, 1.82) is 0 Å². The van der Waals surface area contributed by atoms with E-state index in [4.69, 9.17) is 0 Å². The molecule has 0 aliphatic heterocycles. The average molecular weight is 338 g/mol. The maximum absolute atomic E-state index is 0. The van der Waals surface area contributed by atoms with Crippen LogP contribution in [-0.4, -0.2) is 79.2 Å². The molecule has 0 bridgehead atoms. The van der Waals surface area contributed by atoms with Crippen LogP contribution in [0.1, 0.15) is 0 Å². The Kier molecular flexibility index (Phi) is 240. The topological polar surface area (TPSA) is 0 Å². The molecule has 5 heavy (non-hydrogen) atoms. The van der Waals surface area contributed by atoms with Crippen molar-refractivity contribution in [3.8, 4) is 0 Å². The first-order valence-corrected chi connectivity index (χ1v) is 0. The summed E-state index contributed by atoms with van der Waals surface area (Å²) in [6, 6.07) is 0. The molecule has 22 valence electrons. The number of hydrogen-bond donors (Lipinski definition) is 0. The van der Waals surface area contributed by atoms with E-state index in [1.807, 2.05) is 0 Å². The molecule has 0 aliphatic rings. The first kappa shape index (κ1) is 43.1. The summed E-state index contributed by atoms with van der Waals surface area (Å²) in [4.78, 5) is 0. The van der Waals surface area contributed by atoms with Gasteiger partial charge in [-0.15, -0.1) is 0 Å². The molecule has 0 amide bonds. The first-order valence-electron chi connectivity index (χ1n) is 0. The van der Waals surface area contributed by atoms with E-state index in [1.165, 1.54) is 0 Å². The molecule has 0 aromatic heterocycles. The van der Waals surface area contributed by atoms with Crippen molar-refractivity contribution in [2.24, 2.45) is 0 Å². The first-order chi connectivity index (χ1) is 0. The van der Waals surface area contributed by atoms with Crippen LogP contribution in [0.2, 0.25) is 0 Å². The van der Waals surface area contributed by atoms with Gasteiger partial charge in [-0.1, -0.05) is 0 Å². The normalized spacial score (nSPS) is 0. The summed E-state index contributed by atoms with van der Waals surface area (Å²) in [5, 5.41) is 0. The van der Waals surface area contributed by atoms with Crippen molar-refractivity contribution < 1.29 is 16.5 Å². The fourth-order valence-corrected chi connectivity index (χ4v) is 0. The summed E-state index contributed by atoms with van der Waals surface area (Å²) in [6.45, 7) is 0. The van der Waals surface area contributed by atoms with Crippen molar-refractivity contribution in [1.82, 2.24) is 0 Å². The van der Waals surface area contributed by atoms with Crippen LogP contribution in [0.5, 0.6) is 0 Å². The molecular formula is Ga4Ni. The van der Waals surface area contributed by atoms with E-state index in [9.17, 15) is 0 Å². The van der Waals surface area contributed by atoms with E-state index in [-0.39, 0.29) is 95.7 Å². The van der Waals surface area contributed by atoms with Gasteiger partial charge in [-0.05, 0) is 0 Å². The van der Waals surface area contributed by atoms with Crippen LogP contribution in [0.3, 0.4) is 0 Å². The summed E-state index contributed by atoms with van der Waals surface area (Å²) in [6.07, 6.45) is 0. The van der Waals surface area contributed by atoms with E-state index in [1.54, 1.807) is 0 Å². The van der Waals surface area contributed by atoms with Gasteiger partial charge in [-0.25, -0.2) is 0 Å². The summed E-state index contributed by atoms with van der Waals surface area (Å²) in [5.41, 5.74) is 0. The van der Waals surface area contributed by atoms with Crippen LogP contribution in [0, 0.1) is 0 Å². The fourth-order valence-electron chi connectivity index (χ4n) is 0. The molecule has 0 spiro atoms. The van der Waals surface area contributed by atoms with Gasteiger partial charge in [0.15, 0.2) is 0 Å². The Morgan fingerprint density at radius 3 is 0.400 bits per heavy atom. The third kappa shape index (κ3) is 19.4. The van der Waals surface area contributed by atoms with Gasteiger partial charge >= 0.3 is 0 Å². The fraction of sp³-hybridized carbons (Fsp3) is 0. The summed E-state index contributed by atoms with van der Waals surface area (Å²) in [7, 11) is 0. The molecule has 0 rings (SSSR count). The summed E-state index contributed by atoms with van der Waals surface area (Å²) in [5.74, 6) is 0. The zero-order valence-electron chi connectivity index (χ0n) is 2.63. The molecule has 0 nitrogen and oxygen atoms in total. The van der Waals surface area contributed by atoms with Crippen molar-refractivity contribution in [2.75, 3.05) is 0 Å². The maximum atomic E-state index is 0. The summed E-state index contributed by atoms with van der Waals surface area (Å²) >= 11 is 0. The Morgan fingerprint density at radius 1 is 0.400 bits per heavy atom. The second kappa shape index (κ2) is 27.8. The molecule has 0 saturated carbocycles. The van der Waals surface area contributed by atoms with Crippen molar-refractivity contribution >= 4 is 79.2 Å². The van der Waals surface area contributed by atoms with Crippen molar-refractivity contribution in [2.45, 2.75) is 0 Å². The second-order valence-electron chi connectivity index (χ2n) is 0. The third-order valence-corrected chi connectivity index (χ3v) is 0. The minimum absolute atomic E-state index is 0. The predicted octanol–water partition coefficient (Wildman–Crippen LogP) is -1.53. The zero-order chi connectivity index (χ0) is 0. The Labute approximate surface area is 94.1 Å². The molecular weight excluding hydrogens is 338 g/mol. The van der Waals surface area contributed by atoms with Crippen LogP contribution in [-0.2, 0) is 16.5 Å². The van der Waals surface area contributed by atoms with Gasteiger partial charge in [0.1, 0.15) is 0 Å². The van der Waals surface area contributed by atoms with Crippen LogP contribution >= 0.6 is 0 Å². The number of rotatable bonds is 0. The minimum atomic E-state index is 0. The molecule has 0 unspecified atom stereocenters. The molecule has 0 atom stereocenters. The molecule has 0 N–H and O–H groups in total. The van der Waals surface area contributed by atoms with Crippen molar-refractivity contribution in [3.63, 3.8) is 0 Å². The molecule has 0 saturated heterocycles. The summed E-state index contributed by atoms with van der Waals surface area (Å²) < 4.78 is 0. The molecule has 0 heterocycles. The third-order valence-electron chi connectivity index (χ3n) is 0. The Morgan fingerprint density at radius 2 is 0.400 bits per heavy atom. The van der Waals surface area contributed by atoms with Crippen LogP contribution in [0.15, 0.2) is 0 Å². The smallest absolute Gasteiger partial charge is 0 e. The largest absolute Gasteiger partial charge is 0 e. The monoisotopic (exact) mass is 334 g/mol. The van der Waals surface area contributed by atoms with Gasteiger partial charge in [-0.2, -0.15) is 0 Å². The van der Waals surface area contributed by atoms with Gasteiger partial charge in [0.2, 0.25) is 0 Å². The Balaban J connectivity index is 0. The Bertz CT molecular complexity index is 3.61. The molecule has 0 fully saturated rings. The minimum Gasteiger partial charge on any atom is 0 e. The van der Waals surface area contributed by atoms with E-state index < -0.39 is 0 Å². The SMILES string of the molecule is [Ga].[Ga].[Ga].[Ga].[Ni]. The van der Waals surface area contributed by atoms with Gasteiger partial charge in [0.25, 0.3) is 0 Å². The second-order valence-corrected chi connectivity index (χ2v) is 0. The van der Waals surface area contributed by atoms with Crippen LogP contribution in [0.25, 0.3) is 0 Å². The maximum Gasteiger partial charge on any atom is 0 e. The van der Waals surface area contributed by atoms with Gasteiger partial charge < -0.3 is 0 Å². The van der Waals surface area contributed by atoms with Crippen LogP contribution < -0.4 is 0 Å². The van der Waals surface area contributed by atoms with E-state index in [2.05, 4.69) is 0 Å². The molecule has 12 radical (unpaired) electrons. The van der Waals surface area contributed by atoms with Crippen LogP contribution in [0.4, 0.5) is 0 Å². The van der Waals surface area contributed by atoms with E-state index in [0.29, 0.717) is 0 Å². The molecule has 5 heteroatoms. The average Bonchev–Trinajstić information content (AvgIpc) is 0. The van der Waals surface area contributed by atoms with E-state index >= 15 is 0 Å². The zero-order valence-corrected chi connectivity index (χ0v) is 13.3. The Hall–Kier alpha value is 3.04. The quantitative estimate of drug-likeness (QED) is 0.471. The van der Waals surface area contributed by atoms with Crippen molar-refractivity contribution in [3.05, 3.63) is 0 Å². The predicted molar refractivity (Wildman–Crippen MR) is 23.0 cm³/mol. The van der Waals surface area contributed by atoms with Gasteiger partial charge in [0.05, 0.1) is 0 Å². The molecule has 0 aromatic rings. The number of hydrogen-bond acceptors (Lipinski definition) is 0. The standard InChI is InChI=1S/4Ga.Ni. The molecule has 0 aliphatic carbocycles. The molecule has 0 aromatic carbocycles. The van der Waals surface area contributed by atoms with Gasteiger partial charge in [0, 0.05) is 95.7 Å².